The van der Waals surface area contributed by atoms with Crippen molar-refractivity contribution in [2.24, 2.45) is 7.05 Å². The van der Waals surface area contributed by atoms with Crippen LogP contribution in [0.15, 0.2) is 17.2 Å². The zero-order chi connectivity index (χ0) is 12.7. The normalized spacial score (nSPS) is 10.2. The van der Waals surface area contributed by atoms with Crippen LogP contribution in [0.1, 0.15) is 19.8 Å². The third kappa shape index (κ3) is 4.36. The van der Waals surface area contributed by atoms with Crippen LogP contribution in [0.3, 0.4) is 0 Å². The summed E-state index contributed by atoms with van der Waals surface area (Å²) in [6.07, 6.45) is 4.91. The lowest BCUT2D eigenvalue weighted by Gasteiger charge is -2.05. The fraction of sp³-hybridized carbons (Fsp3) is 0.545. The molecule has 0 saturated carbocycles. The molecule has 1 amide bonds. The first kappa shape index (κ1) is 13.4. The van der Waals surface area contributed by atoms with Gasteiger partial charge in [-0.15, -0.1) is 0 Å². The molecule has 0 spiro atoms. The number of unbranched alkanes of at least 4 members (excludes halogenated alkanes) is 1. The molecule has 1 heterocycles. The molecule has 0 unspecified atom stereocenters. The number of aromatic nitrogens is 2. The van der Waals surface area contributed by atoms with E-state index in [4.69, 9.17) is 4.74 Å². The maximum Gasteiger partial charge on any atom is 0.293 e. The highest BCUT2D eigenvalue weighted by Gasteiger charge is 2.07. The van der Waals surface area contributed by atoms with Crippen LogP contribution in [0.4, 0.5) is 5.82 Å². The molecule has 1 aromatic heterocycles. The zero-order valence-corrected chi connectivity index (χ0v) is 10.1. The lowest BCUT2D eigenvalue weighted by Crippen LogP contribution is -2.27. The Hall–Kier alpha value is -1.69. The van der Waals surface area contributed by atoms with Gasteiger partial charge in [-0.3, -0.25) is 9.59 Å². The average molecular weight is 239 g/mol. The molecule has 1 N–H and O–H groups in total. The van der Waals surface area contributed by atoms with Crippen molar-refractivity contribution in [1.29, 1.82) is 0 Å². The van der Waals surface area contributed by atoms with Crippen molar-refractivity contribution in [3.8, 4) is 0 Å². The maximum absolute atomic E-state index is 11.5. The molecule has 1 aromatic rings. The minimum Gasteiger partial charge on any atom is -0.372 e. The monoisotopic (exact) mass is 239 g/mol. The fourth-order valence-electron chi connectivity index (χ4n) is 1.16. The predicted octanol–water partition coefficient (Wildman–Crippen LogP) is 0.535. The van der Waals surface area contributed by atoms with Crippen LogP contribution in [-0.4, -0.2) is 28.7 Å². The molecule has 6 heteroatoms. The number of hydrogen-bond donors (Lipinski definition) is 1. The highest BCUT2D eigenvalue weighted by atomic mass is 16.5. The third-order valence-corrected chi connectivity index (χ3v) is 2.15. The summed E-state index contributed by atoms with van der Waals surface area (Å²) in [4.78, 5) is 26.7. The molecule has 0 atom stereocenters. The molecular formula is C11H17N3O3. The number of aryl methyl sites for hydroxylation is 1. The maximum atomic E-state index is 11.5. The summed E-state index contributed by atoms with van der Waals surface area (Å²) in [6, 6.07) is 0. The predicted molar refractivity (Wildman–Crippen MR) is 63.8 cm³/mol. The van der Waals surface area contributed by atoms with Crippen LogP contribution in [0.2, 0.25) is 0 Å². The van der Waals surface area contributed by atoms with E-state index in [1.165, 1.54) is 17.0 Å². The van der Waals surface area contributed by atoms with Gasteiger partial charge in [0, 0.05) is 26.0 Å². The van der Waals surface area contributed by atoms with Crippen molar-refractivity contribution < 1.29 is 9.53 Å². The van der Waals surface area contributed by atoms with Crippen LogP contribution in [0.5, 0.6) is 0 Å². The first-order chi connectivity index (χ1) is 8.15. The molecule has 94 valence electrons. The molecule has 6 nitrogen and oxygen atoms in total. The van der Waals surface area contributed by atoms with E-state index in [9.17, 15) is 9.59 Å². The van der Waals surface area contributed by atoms with Gasteiger partial charge in [0.1, 0.15) is 6.61 Å². The molecule has 17 heavy (non-hydrogen) atoms. The number of hydrogen-bond acceptors (Lipinski definition) is 4. The molecule has 0 aromatic carbocycles. The van der Waals surface area contributed by atoms with Crippen LogP contribution in [0.25, 0.3) is 0 Å². The highest BCUT2D eigenvalue weighted by Crippen LogP contribution is 1.93. The second-order valence-electron chi connectivity index (χ2n) is 3.65. The zero-order valence-electron chi connectivity index (χ0n) is 10.1. The molecule has 0 bridgehead atoms. The van der Waals surface area contributed by atoms with Crippen molar-refractivity contribution in [2.75, 3.05) is 18.5 Å². The molecule has 0 saturated heterocycles. The van der Waals surface area contributed by atoms with Crippen molar-refractivity contribution >= 4 is 11.7 Å². The number of rotatable bonds is 6. The van der Waals surface area contributed by atoms with Crippen LogP contribution < -0.4 is 10.9 Å². The van der Waals surface area contributed by atoms with Gasteiger partial charge in [0.2, 0.25) is 0 Å². The summed E-state index contributed by atoms with van der Waals surface area (Å²) in [5.74, 6) is -0.337. The minimum atomic E-state index is -0.364. The average Bonchev–Trinajstić information content (AvgIpc) is 2.31. The molecule has 1 rings (SSSR count). The molecule has 0 aliphatic heterocycles. The summed E-state index contributed by atoms with van der Waals surface area (Å²) < 4.78 is 6.48. The first-order valence-electron chi connectivity index (χ1n) is 5.54. The Bertz CT molecular complexity index is 428. The van der Waals surface area contributed by atoms with Crippen LogP contribution in [0, 0.1) is 0 Å². The second-order valence-corrected chi connectivity index (χ2v) is 3.65. The molecular weight excluding hydrogens is 222 g/mol. The van der Waals surface area contributed by atoms with E-state index in [0.717, 1.165) is 12.8 Å². The number of ether oxygens (including phenoxy) is 1. The Morgan fingerprint density at radius 1 is 1.59 bits per heavy atom. The largest absolute Gasteiger partial charge is 0.372 e. The molecule has 0 radical (unpaired) electrons. The number of carbonyl (C=O) groups excluding carboxylic acids is 1. The summed E-state index contributed by atoms with van der Waals surface area (Å²) in [6.45, 7) is 2.53. The lowest BCUT2D eigenvalue weighted by atomic mass is 10.4. The Morgan fingerprint density at radius 2 is 2.35 bits per heavy atom. The van der Waals surface area contributed by atoms with Gasteiger partial charge in [-0.2, -0.15) is 0 Å². The molecule has 0 aliphatic rings. The third-order valence-electron chi connectivity index (χ3n) is 2.15. The number of nitrogens with zero attached hydrogens (tertiary/aromatic N) is 2. The Morgan fingerprint density at radius 3 is 3.06 bits per heavy atom. The quantitative estimate of drug-likeness (QED) is 0.735. The van der Waals surface area contributed by atoms with Gasteiger partial charge >= 0.3 is 0 Å². The van der Waals surface area contributed by atoms with E-state index in [1.807, 2.05) is 6.92 Å². The lowest BCUT2D eigenvalue weighted by molar-refractivity contribution is -0.120. The van der Waals surface area contributed by atoms with Gasteiger partial charge < -0.3 is 14.6 Å². The highest BCUT2D eigenvalue weighted by molar-refractivity contribution is 5.90. The van der Waals surface area contributed by atoms with Crippen molar-refractivity contribution in [3.05, 3.63) is 22.7 Å². The van der Waals surface area contributed by atoms with E-state index >= 15 is 0 Å². The van der Waals surface area contributed by atoms with Gasteiger partial charge in [0.05, 0.1) is 0 Å². The molecule has 0 fully saturated rings. The topological polar surface area (TPSA) is 73.2 Å². The number of anilines is 1. The summed E-state index contributed by atoms with van der Waals surface area (Å²) in [5, 5.41) is 2.42. The summed E-state index contributed by atoms with van der Waals surface area (Å²) >= 11 is 0. The summed E-state index contributed by atoms with van der Waals surface area (Å²) in [5.41, 5.74) is -0.339. The van der Waals surface area contributed by atoms with Gasteiger partial charge in [-0.1, -0.05) is 13.3 Å². The van der Waals surface area contributed by atoms with Crippen LogP contribution >= 0.6 is 0 Å². The smallest absolute Gasteiger partial charge is 0.293 e. The Balaban J connectivity index is 2.46. The van der Waals surface area contributed by atoms with Gasteiger partial charge in [-0.25, -0.2) is 4.98 Å². The standard InChI is InChI=1S/C11H17N3O3/c1-3-4-7-17-8-9(15)13-10-11(16)14(2)6-5-12-10/h5-6H,3-4,7-8H2,1-2H3,(H,12,13,15). The minimum absolute atomic E-state index is 0.0269. The van der Waals surface area contributed by atoms with Crippen LogP contribution in [-0.2, 0) is 16.6 Å². The molecule has 0 aliphatic carbocycles. The number of nitrogens with one attached hydrogen (secondary N) is 1. The first-order valence-corrected chi connectivity index (χ1v) is 5.54. The van der Waals surface area contributed by atoms with E-state index in [1.54, 1.807) is 7.05 Å². The second kappa shape index (κ2) is 6.80. The number of amides is 1. The van der Waals surface area contributed by atoms with E-state index in [0.29, 0.717) is 6.61 Å². The van der Waals surface area contributed by atoms with Crippen molar-refractivity contribution in [3.63, 3.8) is 0 Å². The SMILES string of the molecule is CCCCOCC(=O)Nc1nccn(C)c1=O. The van der Waals surface area contributed by atoms with Crippen molar-refractivity contribution in [1.82, 2.24) is 9.55 Å². The number of carbonyl (C=O) groups is 1. The van der Waals surface area contributed by atoms with E-state index in [2.05, 4.69) is 10.3 Å². The van der Waals surface area contributed by atoms with Gasteiger partial charge in [0.25, 0.3) is 11.5 Å². The summed E-state index contributed by atoms with van der Waals surface area (Å²) in [7, 11) is 1.59. The van der Waals surface area contributed by atoms with Gasteiger partial charge in [0.15, 0.2) is 5.82 Å². The van der Waals surface area contributed by atoms with E-state index in [-0.39, 0.29) is 23.9 Å². The fourth-order valence-corrected chi connectivity index (χ4v) is 1.16. The Labute approximate surface area is 99.6 Å². The van der Waals surface area contributed by atoms with E-state index < -0.39 is 0 Å². The van der Waals surface area contributed by atoms with Gasteiger partial charge in [-0.05, 0) is 6.42 Å². The van der Waals surface area contributed by atoms with Crippen molar-refractivity contribution in [2.45, 2.75) is 19.8 Å². The Kier molecular flexibility index (Phi) is 5.35.